The van der Waals surface area contributed by atoms with Gasteiger partial charge in [-0.25, -0.2) is 0 Å². The Kier molecular flexibility index (Phi) is 6.56. The van der Waals surface area contributed by atoms with Gasteiger partial charge in [0, 0.05) is 24.7 Å². The van der Waals surface area contributed by atoms with Gasteiger partial charge in [0.2, 0.25) is 11.8 Å². The standard InChI is InChI=1S/C16H23N3O3/c1-10(2)8-18-16(22)13-6-5-11(3)14(7-13)19-15(21)9-17-12(4)20/h5-7,10H,8-9H2,1-4H3,(H,17,20)(H,18,22)(H,19,21). The molecule has 1 aromatic carbocycles. The molecule has 0 aromatic heterocycles. The molecule has 0 aliphatic heterocycles. The molecule has 0 heterocycles. The van der Waals surface area contributed by atoms with Crippen molar-refractivity contribution in [2.24, 2.45) is 5.92 Å². The molecule has 0 saturated heterocycles. The number of carbonyl (C=O) groups is 3. The molecule has 0 unspecified atom stereocenters. The fourth-order valence-electron chi connectivity index (χ4n) is 1.70. The second-order valence-corrected chi connectivity index (χ2v) is 5.59. The zero-order valence-corrected chi connectivity index (χ0v) is 13.4. The van der Waals surface area contributed by atoms with Crippen molar-refractivity contribution in [1.82, 2.24) is 10.6 Å². The predicted molar refractivity (Wildman–Crippen MR) is 85.7 cm³/mol. The summed E-state index contributed by atoms with van der Waals surface area (Å²) in [6, 6.07) is 5.13. The van der Waals surface area contributed by atoms with Gasteiger partial charge in [0.05, 0.1) is 6.54 Å². The van der Waals surface area contributed by atoms with E-state index in [1.165, 1.54) is 6.92 Å². The highest BCUT2D eigenvalue weighted by Crippen LogP contribution is 2.17. The molecule has 120 valence electrons. The first-order valence-electron chi connectivity index (χ1n) is 7.22. The number of hydrogen-bond donors (Lipinski definition) is 3. The van der Waals surface area contributed by atoms with Crippen LogP contribution in [0, 0.1) is 12.8 Å². The maximum Gasteiger partial charge on any atom is 0.251 e. The summed E-state index contributed by atoms with van der Waals surface area (Å²) in [4.78, 5) is 34.6. The van der Waals surface area contributed by atoms with Crippen LogP contribution in [0.4, 0.5) is 5.69 Å². The van der Waals surface area contributed by atoms with Crippen molar-refractivity contribution in [2.75, 3.05) is 18.4 Å². The maximum atomic E-state index is 12.0. The Bertz CT molecular complexity index is 568. The van der Waals surface area contributed by atoms with E-state index in [4.69, 9.17) is 0 Å². The number of hydrogen-bond acceptors (Lipinski definition) is 3. The van der Waals surface area contributed by atoms with Crippen molar-refractivity contribution in [1.29, 1.82) is 0 Å². The number of nitrogens with one attached hydrogen (secondary N) is 3. The van der Waals surface area contributed by atoms with E-state index in [1.54, 1.807) is 18.2 Å². The van der Waals surface area contributed by atoms with Gasteiger partial charge in [-0.15, -0.1) is 0 Å². The molecule has 6 heteroatoms. The number of benzene rings is 1. The first-order valence-corrected chi connectivity index (χ1v) is 7.22. The lowest BCUT2D eigenvalue weighted by Gasteiger charge is -2.12. The molecule has 0 radical (unpaired) electrons. The van der Waals surface area contributed by atoms with Gasteiger partial charge in [0.1, 0.15) is 0 Å². The molecule has 1 rings (SSSR count). The lowest BCUT2D eigenvalue weighted by molar-refractivity contribution is -0.122. The maximum absolute atomic E-state index is 12.0. The fourth-order valence-corrected chi connectivity index (χ4v) is 1.70. The quantitative estimate of drug-likeness (QED) is 0.743. The average molecular weight is 305 g/mol. The van der Waals surface area contributed by atoms with Crippen LogP contribution < -0.4 is 16.0 Å². The van der Waals surface area contributed by atoms with Crippen molar-refractivity contribution >= 4 is 23.4 Å². The Morgan fingerprint density at radius 3 is 2.41 bits per heavy atom. The third-order valence-electron chi connectivity index (χ3n) is 2.94. The van der Waals surface area contributed by atoms with Crippen LogP contribution in [0.25, 0.3) is 0 Å². The van der Waals surface area contributed by atoms with Crippen molar-refractivity contribution < 1.29 is 14.4 Å². The molecule has 0 atom stereocenters. The summed E-state index contributed by atoms with van der Waals surface area (Å²) in [5, 5.41) is 7.95. The molecule has 6 nitrogen and oxygen atoms in total. The van der Waals surface area contributed by atoms with Crippen LogP contribution in [0.3, 0.4) is 0 Å². The van der Waals surface area contributed by atoms with Gasteiger partial charge < -0.3 is 16.0 Å². The number of carbonyl (C=O) groups excluding carboxylic acids is 3. The summed E-state index contributed by atoms with van der Waals surface area (Å²) in [5.74, 6) is -0.413. The smallest absolute Gasteiger partial charge is 0.251 e. The van der Waals surface area contributed by atoms with E-state index in [9.17, 15) is 14.4 Å². The molecule has 0 fully saturated rings. The van der Waals surface area contributed by atoms with Gasteiger partial charge in [0.15, 0.2) is 0 Å². The zero-order chi connectivity index (χ0) is 16.7. The Balaban J connectivity index is 2.75. The lowest BCUT2D eigenvalue weighted by Crippen LogP contribution is -2.31. The molecule has 1 aromatic rings. The molecular formula is C16H23N3O3. The van der Waals surface area contributed by atoms with Crippen LogP contribution in [-0.2, 0) is 9.59 Å². The van der Waals surface area contributed by atoms with Crippen molar-refractivity contribution in [3.05, 3.63) is 29.3 Å². The van der Waals surface area contributed by atoms with Crippen LogP contribution in [-0.4, -0.2) is 30.8 Å². The molecule has 0 bridgehead atoms. The van der Waals surface area contributed by atoms with E-state index in [1.807, 2.05) is 20.8 Å². The SMILES string of the molecule is CC(=O)NCC(=O)Nc1cc(C(=O)NCC(C)C)ccc1C. The van der Waals surface area contributed by atoms with E-state index in [0.29, 0.717) is 23.7 Å². The molecular weight excluding hydrogens is 282 g/mol. The number of rotatable bonds is 6. The minimum absolute atomic E-state index is 0.0987. The molecule has 3 amide bonds. The second kappa shape index (κ2) is 8.17. The summed E-state index contributed by atoms with van der Waals surface area (Å²) in [6.45, 7) is 7.71. The van der Waals surface area contributed by atoms with Crippen LogP contribution >= 0.6 is 0 Å². The topological polar surface area (TPSA) is 87.3 Å². The molecule has 0 saturated carbocycles. The highest BCUT2D eigenvalue weighted by atomic mass is 16.2. The molecule has 22 heavy (non-hydrogen) atoms. The Labute approximate surface area is 130 Å². The van der Waals surface area contributed by atoms with Gasteiger partial charge >= 0.3 is 0 Å². The fraction of sp³-hybridized carbons (Fsp3) is 0.438. The minimum Gasteiger partial charge on any atom is -0.352 e. The van der Waals surface area contributed by atoms with Crippen molar-refractivity contribution in [3.8, 4) is 0 Å². The van der Waals surface area contributed by atoms with Gasteiger partial charge in [-0.2, -0.15) is 0 Å². The summed E-state index contributed by atoms with van der Waals surface area (Å²) >= 11 is 0. The molecule has 0 aliphatic rings. The number of anilines is 1. The number of amides is 3. The Morgan fingerprint density at radius 1 is 1.14 bits per heavy atom. The van der Waals surface area contributed by atoms with Gasteiger partial charge in [-0.05, 0) is 30.5 Å². The first-order chi connectivity index (χ1) is 10.3. The van der Waals surface area contributed by atoms with E-state index in [0.717, 1.165) is 5.56 Å². The summed E-state index contributed by atoms with van der Waals surface area (Å²) in [6.07, 6.45) is 0. The first kappa shape index (κ1) is 17.7. The van der Waals surface area contributed by atoms with Gasteiger partial charge in [-0.1, -0.05) is 19.9 Å². The molecule has 0 aliphatic carbocycles. The Hall–Kier alpha value is -2.37. The average Bonchev–Trinajstić information content (AvgIpc) is 2.44. The summed E-state index contributed by atoms with van der Waals surface area (Å²) in [7, 11) is 0. The van der Waals surface area contributed by atoms with Crippen LogP contribution in [0.5, 0.6) is 0 Å². The normalized spacial score (nSPS) is 10.2. The summed E-state index contributed by atoms with van der Waals surface area (Å²) in [5.41, 5.74) is 1.89. The largest absolute Gasteiger partial charge is 0.352 e. The highest BCUT2D eigenvalue weighted by Gasteiger charge is 2.10. The van der Waals surface area contributed by atoms with Crippen LogP contribution in [0.2, 0.25) is 0 Å². The van der Waals surface area contributed by atoms with Crippen LogP contribution in [0.1, 0.15) is 36.7 Å². The molecule has 3 N–H and O–H groups in total. The third-order valence-corrected chi connectivity index (χ3v) is 2.94. The van der Waals surface area contributed by atoms with Crippen molar-refractivity contribution in [3.63, 3.8) is 0 Å². The monoisotopic (exact) mass is 305 g/mol. The van der Waals surface area contributed by atoms with E-state index in [2.05, 4.69) is 16.0 Å². The Morgan fingerprint density at radius 2 is 1.82 bits per heavy atom. The highest BCUT2D eigenvalue weighted by molar-refractivity contribution is 5.98. The van der Waals surface area contributed by atoms with E-state index >= 15 is 0 Å². The van der Waals surface area contributed by atoms with Gasteiger partial charge in [0.25, 0.3) is 5.91 Å². The third kappa shape index (κ3) is 5.95. The predicted octanol–water partition coefficient (Wildman–Crippen LogP) is 1.46. The zero-order valence-electron chi connectivity index (χ0n) is 13.4. The lowest BCUT2D eigenvalue weighted by atomic mass is 10.1. The number of aryl methyl sites for hydroxylation is 1. The summed E-state index contributed by atoms with van der Waals surface area (Å²) < 4.78 is 0. The molecule has 0 spiro atoms. The second-order valence-electron chi connectivity index (χ2n) is 5.59. The van der Waals surface area contributed by atoms with E-state index < -0.39 is 0 Å². The van der Waals surface area contributed by atoms with Gasteiger partial charge in [-0.3, -0.25) is 14.4 Å². The van der Waals surface area contributed by atoms with Crippen molar-refractivity contribution in [2.45, 2.75) is 27.7 Å². The van der Waals surface area contributed by atoms with E-state index in [-0.39, 0.29) is 24.3 Å². The van der Waals surface area contributed by atoms with Crippen LogP contribution in [0.15, 0.2) is 18.2 Å². The minimum atomic E-state index is -0.335.